The van der Waals surface area contributed by atoms with Crippen LogP contribution in [-0.2, 0) is 9.59 Å². The zero-order valence-corrected chi connectivity index (χ0v) is 19.6. The number of hydrogen-bond donors (Lipinski definition) is 1. The molecular weight excluding hydrogens is 404 g/mol. The topological polar surface area (TPSA) is 67.9 Å². The molecule has 0 bridgehead atoms. The van der Waals surface area contributed by atoms with Crippen molar-refractivity contribution in [2.24, 2.45) is 5.92 Å². The van der Waals surface area contributed by atoms with Crippen LogP contribution >= 0.6 is 0 Å². The Morgan fingerprint density at radius 2 is 1.84 bits per heavy atom. The van der Waals surface area contributed by atoms with Gasteiger partial charge in [0.25, 0.3) is 0 Å². The van der Waals surface area contributed by atoms with Crippen molar-refractivity contribution in [1.82, 2.24) is 10.2 Å². The SMILES string of the molecule is CCCCOc1ccc(C=CC(=O)NC2CCN(C(=O)C3CCCCC3)CC2)cc1OC. The van der Waals surface area contributed by atoms with Gasteiger partial charge in [-0.05, 0) is 55.9 Å². The summed E-state index contributed by atoms with van der Waals surface area (Å²) in [6, 6.07) is 5.79. The molecule has 1 saturated carbocycles. The van der Waals surface area contributed by atoms with Gasteiger partial charge in [0.2, 0.25) is 11.8 Å². The molecule has 1 heterocycles. The maximum Gasteiger partial charge on any atom is 0.244 e. The molecule has 1 aromatic carbocycles. The third kappa shape index (κ3) is 7.01. The van der Waals surface area contributed by atoms with Crippen LogP contribution in [0.2, 0.25) is 0 Å². The molecule has 1 aliphatic carbocycles. The first-order valence-corrected chi connectivity index (χ1v) is 12.2. The van der Waals surface area contributed by atoms with E-state index in [1.807, 2.05) is 23.1 Å². The monoisotopic (exact) mass is 442 g/mol. The van der Waals surface area contributed by atoms with Crippen molar-refractivity contribution < 1.29 is 19.1 Å². The molecule has 2 fully saturated rings. The van der Waals surface area contributed by atoms with Crippen molar-refractivity contribution in [3.05, 3.63) is 29.8 Å². The number of hydrogen-bond acceptors (Lipinski definition) is 4. The fraction of sp³-hybridized carbons (Fsp3) is 0.615. The van der Waals surface area contributed by atoms with Crippen LogP contribution in [0.4, 0.5) is 0 Å². The van der Waals surface area contributed by atoms with E-state index in [0.717, 1.165) is 62.9 Å². The molecule has 32 heavy (non-hydrogen) atoms. The predicted molar refractivity (Wildman–Crippen MR) is 127 cm³/mol. The molecule has 1 aliphatic heterocycles. The van der Waals surface area contributed by atoms with Crippen molar-refractivity contribution in [2.75, 3.05) is 26.8 Å². The average molecular weight is 443 g/mol. The molecule has 2 amide bonds. The van der Waals surface area contributed by atoms with E-state index < -0.39 is 0 Å². The molecule has 1 N–H and O–H groups in total. The maximum absolute atomic E-state index is 12.7. The Balaban J connectivity index is 1.45. The van der Waals surface area contributed by atoms with Gasteiger partial charge in [0.1, 0.15) is 0 Å². The van der Waals surface area contributed by atoms with Gasteiger partial charge in [0.15, 0.2) is 11.5 Å². The summed E-state index contributed by atoms with van der Waals surface area (Å²) in [4.78, 5) is 27.1. The number of nitrogens with one attached hydrogen (secondary N) is 1. The fourth-order valence-electron chi connectivity index (χ4n) is 4.51. The van der Waals surface area contributed by atoms with E-state index in [9.17, 15) is 9.59 Å². The van der Waals surface area contributed by atoms with Gasteiger partial charge in [-0.1, -0.05) is 38.7 Å². The molecule has 1 aromatic rings. The Morgan fingerprint density at radius 3 is 2.53 bits per heavy atom. The number of piperidine rings is 1. The van der Waals surface area contributed by atoms with E-state index >= 15 is 0 Å². The highest BCUT2D eigenvalue weighted by Crippen LogP contribution is 2.29. The summed E-state index contributed by atoms with van der Waals surface area (Å²) < 4.78 is 11.2. The number of rotatable bonds is 9. The second kappa shape index (κ2) is 12.5. The molecule has 0 aromatic heterocycles. The Bertz CT molecular complexity index is 778. The van der Waals surface area contributed by atoms with Crippen molar-refractivity contribution in [3.63, 3.8) is 0 Å². The van der Waals surface area contributed by atoms with Gasteiger partial charge in [-0.15, -0.1) is 0 Å². The van der Waals surface area contributed by atoms with Gasteiger partial charge >= 0.3 is 0 Å². The van der Waals surface area contributed by atoms with Crippen LogP contribution in [0.25, 0.3) is 6.08 Å². The number of likely N-dealkylation sites (tertiary alicyclic amines) is 1. The molecule has 0 spiro atoms. The lowest BCUT2D eigenvalue weighted by molar-refractivity contribution is -0.137. The highest BCUT2D eigenvalue weighted by molar-refractivity contribution is 5.92. The Hall–Kier alpha value is -2.50. The van der Waals surface area contributed by atoms with E-state index in [2.05, 4.69) is 12.2 Å². The first-order chi connectivity index (χ1) is 15.6. The minimum Gasteiger partial charge on any atom is -0.493 e. The minimum atomic E-state index is -0.107. The average Bonchev–Trinajstić information content (AvgIpc) is 2.84. The largest absolute Gasteiger partial charge is 0.493 e. The summed E-state index contributed by atoms with van der Waals surface area (Å²) in [5.74, 6) is 1.82. The quantitative estimate of drug-likeness (QED) is 0.449. The van der Waals surface area contributed by atoms with Crippen LogP contribution in [0, 0.1) is 5.92 Å². The van der Waals surface area contributed by atoms with Crippen LogP contribution in [0.1, 0.15) is 70.3 Å². The van der Waals surface area contributed by atoms with E-state index in [1.165, 1.54) is 19.3 Å². The minimum absolute atomic E-state index is 0.107. The highest BCUT2D eigenvalue weighted by atomic mass is 16.5. The second-order valence-electron chi connectivity index (χ2n) is 8.89. The number of methoxy groups -OCH3 is 1. The van der Waals surface area contributed by atoms with Gasteiger partial charge in [-0.3, -0.25) is 9.59 Å². The normalized spacial score (nSPS) is 18.0. The van der Waals surface area contributed by atoms with E-state index in [0.29, 0.717) is 18.3 Å². The highest BCUT2D eigenvalue weighted by Gasteiger charge is 2.29. The number of unbranched alkanes of at least 4 members (excludes halogenated alkanes) is 1. The first kappa shape index (κ1) is 24.1. The summed E-state index contributed by atoms with van der Waals surface area (Å²) in [7, 11) is 1.62. The molecular formula is C26H38N2O4. The van der Waals surface area contributed by atoms with E-state index in [1.54, 1.807) is 19.3 Å². The molecule has 6 nitrogen and oxygen atoms in total. The smallest absolute Gasteiger partial charge is 0.244 e. The first-order valence-electron chi connectivity index (χ1n) is 12.2. The summed E-state index contributed by atoms with van der Waals surface area (Å²) in [6.45, 7) is 4.26. The third-order valence-electron chi connectivity index (χ3n) is 6.48. The maximum atomic E-state index is 12.7. The molecule has 2 aliphatic rings. The number of ether oxygens (including phenoxy) is 2. The van der Waals surface area contributed by atoms with Crippen molar-refractivity contribution in [2.45, 2.75) is 70.8 Å². The zero-order valence-electron chi connectivity index (χ0n) is 19.6. The summed E-state index contributed by atoms with van der Waals surface area (Å²) in [5.41, 5.74) is 0.882. The Morgan fingerprint density at radius 1 is 1.09 bits per heavy atom. The van der Waals surface area contributed by atoms with Crippen molar-refractivity contribution in [3.8, 4) is 11.5 Å². The zero-order chi connectivity index (χ0) is 22.8. The standard InChI is InChI=1S/C26H38N2O4/c1-3-4-18-32-23-12-10-20(19-24(23)31-2)11-13-25(29)27-22-14-16-28(17-15-22)26(30)21-8-6-5-7-9-21/h10-13,19,21-22H,3-9,14-18H2,1-2H3,(H,27,29). The number of nitrogens with zero attached hydrogens (tertiary/aromatic N) is 1. The second-order valence-corrected chi connectivity index (χ2v) is 8.89. The molecule has 3 rings (SSSR count). The van der Waals surface area contributed by atoms with E-state index in [-0.39, 0.29) is 17.9 Å². The molecule has 176 valence electrons. The predicted octanol–water partition coefficient (Wildman–Crippen LogP) is 4.57. The van der Waals surface area contributed by atoms with Gasteiger partial charge in [-0.2, -0.15) is 0 Å². The van der Waals surface area contributed by atoms with Crippen molar-refractivity contribution >= 4 is 17.9 Å². The summed E-state index contributed by atoms with van der Waals surface area (Å²) in [6.07, 6.45) is 12.7. The van der Waals surface area contributed by atoms with Gasteiger partial charge in [0.05, 0.1) is 13.7 Å². The van der Waals surface area contributed by atoms with Crippen LogP contribution in [0.5, 0.6) is 11.5 Å². The lowest BCUT2D eigenvalue weighted by atomic mass is 9.87. The van der Waals surface area contributed by atoms with Crippen LogP contribution in [-0.4, -0.2) is 49.6 Å². The van der Waals surface area contributed by atoms with Crippen LogP contribution in [0.3, 0.4) is 0 Å². The number of carbonyl (C=O) groups is 2. The van der Waals surface area contributed by atoms with Crippen LogP contribution < -0.4 is 14.8 Å². The lowest BCUT2D eigenvalue weighted by Crippen LogP contribution is -2.48. The van der Waals surface area contributed by atoms with Gasteiger partial charge in [0, 0.05) is 31.1 Å². The Kier molecular flexibility index (Phi) is 9.44. The fourth-order valence-corrected chi connectivity index (χ4v) is 4.51. The number of carbonyl (C=O) groups excluding carboxylic acids is 2. The lowest BCUT2D eigenvalue weighted by Gasteiger charge is -2.35. The Labute approximate surface area is 192 Å². The third-order valence-corrected chi connectivity index (χ3v) is 6.48. The van der Waals surface area contributed by atoms with Crippen LogP contribution in [0.15, 0.2) is 24.3 Å². The molecule has 0 unspecified atom stereocenters. The molecule has 0 atom stereocenters. The number of benzene rings is 1. The van der Waals surface area contributed by atoms with E-state index in [4.69, 9.17) is 9.47 Å². The molecule has 1 saturated heterocycles. The van der Waals surface area contributed by atoms with Gasteiger partial charge < -0.3 is 19.7 Å². The van der Waals surface area contributed by atoms with Crippen molar-refractivity contribution in [1.29, 1.82) is 0 Å². The summed E-state index contributed by atoms with van der Waals surface area (Å²) in [5, 5.41) is 3.08. The molecule has 0 radical (unpaired) electrons. The van der Waals surface area contributed by atoms with Gasteiger partial charge in [-0.25, -0.2) is 0 Å². The molecule has 6 heteroatoms. The summed E-state index contributed by atoms with van der Waals surface area (Å²) >= 11 is 0. The number of amides is 2.